The summed E-state index contributed by atoms with van der Waals surface area (Å²) in [6.07, 6.45) is 1.73. The Balaban J connectivity index is 1.48. The van der Waals surface area contributed by atoms with Gasteiger partial charge in [0.1, 0.15) is 11.9 Å². The highest BCUT2D eigenvalue weighted by Crippen LogP contribution is 2.24. The van der Waals surface area contributed by atoms with E-state index in [0.29, 0.717) is 23.3 Å². The van der Waals surface area contributed by atoms with E-state index in [1.807, 2.05) is 42.8 Å². The number of guanidine groups is 1. The number of aliphatic imine (C=N–C) groups is 1. The third-order valence-electron chi connectivity index (χ3n) is 3.97. The number of hydrogen-bond donors (Lipinski definition) is 1. The molecule has 0 saturated carbocycles. The second-order valence-electron chi connectivity index (χ2n) is 5.85. The van der Waals surface area contributed by atoms with Crippen LogP contribution in [-0.2, 0) is 0 Å². The first-order valence-corrected chi connectivity index (χ1v) is 9.49. The van der Waals surface area contributed by atoms with Gasteiger partial charge in [-0.25, -0.2) is 9.98 Å². The number of rotatable bonds is 5. The lowest BCUT2D eigenvalue weighted by Gasteiger charge is -2.35. The van der Waals surface area contributed by atoms with Crippen LogP contribution >= 0.6 is 22.9 Å². The zero-order chi connectivity index (χ0) is 17.6. The number of aromatic nitrogens is 1. The molecular weight excluding hydrogens is 358 g/mol. The van der Waals surface area contributed by atoms with Gasteiger partial charge in [-0.15, -0.1) is 11.3 Å². The predicted molar refractivity (Wildman–Crippen MR) is 104 cm³/mol. The first kappa shape index (κ1) is 17.8. The second kappa shape index (κ2) is 8.40. The van der Waals surface area contributed by atoms with Crippen LogP contribution in [0, 0.1) is 0 Å². The molecule has 0 aliphatic carbocycles. The molecule has 25 heavy (non-hydrogen) atoms. The zero-order valence-corrected chi connectivity index (χ0v) is 15.7. The van der Waals surface area contributed by atoms with E-state index in [1.54, 1.807) is 11.3 Å². The quantitative estimate of drug-likeness (QED) is 0.639. The topological polar surface area (TPSA) is 67.0 Å². The molecule has 3 rings (SSSR count). The maximum absolute atomic E-state index is 6.15. The Morgan fingerprint density at radius 1 is 1.36 bits per heavy atom. The van der Waals surface area contributed by atoms with E-state index in [0.717, 1.165) is 31.3 Å². The van der Waals surface area contributed by atoms with Gasteiger partial charge in [0.05, 0.1) is 11.6 Å². The first-order chi connectivity index (χ1) is 12.1. The van der Waals surface area contributed by atoms with Gasteiger partial charge in [-0.3, -0.25) is 0 Å². The highest BCUT2D eigenvalue weighted by Gasteiger charge is 2.20. The van der Waals surface area contributed by atoms with Gasteiger partial charge < -0.3 is 20.3 Å². The van der Waals surface area contributed by atoms with Crippen molar-refractivity contribution >= 4 is 34.0 Å². The lowest BCUT2D eigenvalue weighted by atomic mass is 10.3. The summed E-state index contributed by atoms with van der Waals surface area (Å²) in [5.74, 6) is 1.23. The summed E-state index contributed by atoms with van der Waals surface area (Å²) in [5.41, 5.74) is 6.15. The number of hydrogen-bond acceptors (Lipinski definition) is 5. The van der Waals surface area contributed by atoms with Crippen molar-refractivity contribution in [1.82, 2.24) is 9.88 Å². The predicted octanol–water partition coefficient (Wildman–Crippen LogP) is 2.70. The molecule has 0 spiro atoms. The summed E-state index contributed by atoms with van der Waals surface area (Å²) in [5, 5.41) is 3.67. The van der Waals surface area contributed by atoms with Crippen molar-refractivity contribution in [3.05, 3.63) is 40.9 Å². The van der Waals surface area contributed by atoms with Crippen LogP contribution in [0.1, 0.15) is 6.92 Å². The largest absolute Gasteiger partial charge is 0.487 e. The van der Waals surface area contributed by atoms with Gasteiger partial charge in [-0.1, -0.05) is 23.7 Å². The van der Waals surface area contributed by atoms with Crippen molar-refractivity contribution in [2.24, 2.45) is 10.7 Å². The van der Waals surface area contributed by atoms with Gasteiger partial charge >= 0.3 is 0 Å². The van der Waals surface area contributed by atoms with Gasteiger partial charge in [0, 0.05) is 37.8 Å². The number of anilines is 1. The molecule has 1 unspecified atom stereocenters. The zero-order valence-electron chi connectivity index (χ0n) is 14.1. The fourth-order valence-electron chi connectivity index (χ4n) is 2.62. The summed E-state index contributed by atoms with van der Waals surface area (Å²) in [6.45, 7) is 5.93. The van der Waals surface area contributed by atoms with Crippen LogP contribution < -0.4 is 15.4 Å². The molecule has 134 valence electrons. The molecule has 6 nitrogen and oxygen atoms in total. The normalized spacial score (nSPS) is 16.8. The van der Waals surface area contributed by atoms with Crippen LogP contribution in [0.2, 0.25) is 5.02 Å². The molecule has 1 fully saturated rings. The molecule has 2 N–H and O–H groups in total. The lowest BCUT2D eigenvalue weighted by molar-refractivity contribution is 0.229. The van der Waals surface area contributed by atoms with E-state index >= 15 is 0 Å². The van der Waals surface area contributed by atoms with Gasteiger partial charge in [0.2, 0.25) is 0 Å². The minimum Gasteiger partial charge on any atom is -0.487 e. The van der Waals surface area contributed by atoms with Crippen LogP contribution in [0.5, 0.6) is 5.75 Å². The van der Waals surface area contributed by atoms with Crippen LogP contribution in [0.25, 0.3) is 0 Å². The Morgan fingerprint density at radius 2 is 2.12 bits per heavy atom. The number of piperazine rings is 1. The standard InChI is InChI=1S/C17H22ClN5OS/c1-13(24-15-5-3-2-4-14(15)18)12-21-16(19)22-7-9-23(10-8-22)17-20-6-11-25-17/h2-6,11,13H,7-10,12H2,1H3,(H2,19,21). The smallest absolute Gasteiger partial charge is 0.191 e. The highest BCUT2D eigenvalue weighted by molar-refractivity contribution is 7.13. The Labute approximate surface area is 156 Å². The van der Waals surface area contributed by atoms with Gasteiger partial charge in [-0.2, -0.15) is 0 Å². The fraction of sp³-hybridized carbons (Fsp3) is 0.412. The van der Waals surface area contributed by atoms with Crippen LogP contribution in [0.4, 0.5) is 5.13 Å². The SMILES string of the molecule is CC(CN=C(N)N1CCN(c2nccs2)CC1)Oc1ccccc1Cl. The van der Waals surface area contributed by atoms with E-state index in [2.05, 4.69) is 19.8 Å². The van der Waals surface area contributed by atoms with Crippen molar-refractivity contribution in [3.8, 4) is 5.75 Å². The lowest BCUT2D eigenvalue weighted by Crippen LogP contribution is -2.51. The number of para-hydroxylation sites is 1. The molecular formula is C17H22ClN5OS. The number of nitrogens with zero attached hydrogens (tertiary/aromatic N) is 4. The molecule has 2 heterocycles. The molecule has 1 aromatic carbocycles. The van der Waals surface area contributed by atoms with E-state index < -0.39 is 0 Å². The van der Waals surface area contributed by atoms with Crippen molar-refractivity contribution in [2.75, 3.05) is 37.6 Å². The fourth-order valence-corrected chi connectivity index (χ4v) is 3.49. The highest BCUT2D eigenvalue weighted by atomic mass is 35.5. The Morgan fingerprint density at radius 3 is 2.80 bits per heavy atom. The van der Waals surface area contributed by atoms with Gasteiger partial charge in [0.15, 0.2) is 11.1 Å². The Bertz CT molecular complexity index is 701. The Kier molecular flexibility index (Phi) is 5.99. The molecule has 2 aromatic rings. The molecule has 1 atom stereocenters. The number of ether oxygens (including phenoxy) is 1. The monoisotopic (exact) mass is 379 g/mol. The van der Waals surface area contributed by atoms with E-state index in [1.165, 1.54) is 0 Å². The second-order valence-corrected chi connectivity index (χ2v) is 7.13. The average molecular weight is 380 g/mol. The van der Waals surface area contributed by atoms with Crippen molar-refractivity contribution in [2.45, 2.75) is 13.0 Å². The van der Waals surface area contributed by atoms with Crippen molar-refractivity contribution in [1.29, 1.82) is 0 Å². The summed E-state index contributed by atoms with van der Waals surface area (Å²) < 4.78 is 5.82. The first-order valence-electron chi connectivity index (χ1n) is 8.24. The third kappa shape index (κ3) is 4.76. The Hall–Kier alpha value is -1.99. The van der Waals surface area contributed by atoms with Gasteiger partial charge in [-0.05, 0) is 19.1 Å². The molecule has 0 radical (unpaired) electrons. The van der Waals surface area contributed by atoms with Crippen molar-refractivity contribution in [3.63, 3.8) is 0 Å². The molecule has 8 heteroatoms. The van der Waals surface area contributed by atoms with E-state index in [4.69, 9.17) is 22.1 Å². The van der Waals surface area contributed by atoms with Gasteiger partial charge in [0.25, 0.3) is 0 Å². The molecule has 1 aromatic heterocycles. The summed E-state index contributed by atoms with van der Waals surface area (Å²) in [7, 11) is 0. The summed E-state index contributed by atoms with van der Waals surface area (Å²) >= 11 is 7.77. The minimum absolute atomic E-state index is 0.102. The number of halogens is 1. The molecule has 0 amide bonds. The van der Waals surface area contributed by atoms with Crippen LogP contribution in [0.15, 0.2) is 40.8 Å². The maximum Gasteiger partial charge on any atom is 0.191 e. The van der Waals surface area contributed by atoms with Crippen molar-refractivity contribution < 1.29 is 4.74 Å². The van der Waals surface area contributed by atoms with E-state index in [-0.39, 0.29) is 6.10 Å². The molecule has 1 aliphatic rings. The van der Waals surface area contributed by atoms with E-state index in [9.17, 15) is 0 Å². The molecule has 1 aliphatic heterocycles. The minimum atomic E-state index is -0.102. The number of thiazole rings is 1. The number of benzene rings is 1. The maximum atomic E-state index is 6.15. The summed E-state index contributed by atoms with van der Waals surface area (Å²) in [6, 6.07) is 7.43. The number of nitrogens with two attached hydrogens (primary N) is 1. The molecule has 0 bridgehead atoms. The summed E-state index contributed by atoms with van der Waals surface area (Å²) in [4.78, 5) is 13.2. The third-order valence-corrected chi connectivity index (χ3v) is 5.11. The average Bonchev–Trinajstić information content (AvgIpc) is 3.16. The molecule has 1 saturated heterocycles. The van der Waals surface area contributed by atoms with Crippen LogP contribution in [-0.4, -0.2) is 54.7 Å². The van der Waals surface area contributed by atoms with Crippen LogP contribution in [0.3, 0.4) is 0 Å².